The van der Waals surface area contributed by atoms with Crippen molar-refractivity contribution in [3.05, 3.63) is 29.3 Å². The maximum Gasteiger partial charge on any atom is 0.223 e. The molecule has 0 radical (unpaired) electrons. The molecule has 1 aromatic rings. The summed E-state index contributed by atoms with van der Waals surface area (Å²) < 4.78 is 0. The van der Waals surface area contributed by atoms with Crippen molar-refractivity contribution in [1.29, 1.82) is 0 Å². The summed E-state index contributed by atoms with van der Waals surface area (Å²) in [6.07, 6.45) is 3.81. The Morgan fingerprint density at radius 2 is 2.11 bits per heavy atom. The minimum atomic E-state index is 0.242. The number of amides is 1. The van der Waals surface area contributed by atoms with Crippen molar-refractivity contribution in [2.75, 3.05) is 5.73 Å². The number of nitrogen functional groups attached to an aromatic ring is 1. The molecule has 3 rings (SSSR count). The summed E-state index contributed by atoms with van der Waals surface area (Å²) in [5.74, 6) is 1.92. The van der Waals surface area contributed by atoms with E-state index in [1.54, 1.807) is 0 Å². The molecular formula is C15H20N2O. The molecule has 2 saturated carbocycles. The summed E-state index contributed by atoms with van der Waals surface area (Å²) in [6, 6.07) is 5.86. The van der Waals surface area contributed by atoms with Gasteiger partial charge in [-0.2, -0.15) is 0 Å². The Morgan fingerprint density at radius 1 is 1.39 bits per heavy atom. The van der Waals surface area contributed by atoms with Gasteiger partial charge in [0.2, 0.25) is 5.91 Å². The summed E-state index contributed by atoms with van der Waals surface area (Å²) in [5.41, 5.74) is 8.85. The predicted octanol–water partition coefficient (Wildman–Crippen LogP) is 2.24. The second-order valence-corrected chi connectivity index (χ2v) is 5.63. The van der Waals surface area contributed by atoms with Gasteiger partial charge in [0.05, 0.1) is 0 Å². The van der Waals surface area contributed by atoms with Gasteiger partial charge >= 0.3 is 0 Å². The van der Waals surface area contributed by atoms with Gasteiger partial charge in [-0.15, -0.1) is 0 Å². The first-order valence-electron chi connectivity index (χ1n) is 6.80. The number of benzene rings is 1. The molecule has 96 valence electrons. The van der Waals surface area contributed by atoms with Gasteiger partial charge in [-0.25, -0.2) is 0 Å². The maximum atomic E-state index is 12.0. The molecule has 3 N–H and O–H groups in total. The van der Waals surface area contributed by atoms with E-state index in [1.165, 1.54) is 19.3 Å². The highest BCUT2D eigenvalue weighted by Gasteiger charge is 2.56. The topological polar surface area (TPSA) is 55.1 Å². The van der Waals surface area contributed by atoms with Crippen molar-refractivity contribution in [1.82, 2.24) is 5.32 Å². The van der Waals surface area contributed by atoms with E-state index in [-0.39, 0.29) is 5.91 Å². The first-order valence-corrected chi connectivity index (χ1v) is 6.80. The largest absolute Gasteiger partial charge is 0.399 e. The first-order chi connectivity index (χ1) is 8.68. The lowest BCUT2D eigenvalue weighted by atomic mass is 10.1. The average Bonchev–Trinajstić information content (AvgIpc) is 2.84. The van der Waals surface area contributed by atoms with Crippen LogP contribution >= 0.6 is 0 Å². The number of anilines is 1. The minimum Gasteiger partial charge on any atom is -0.399 e. The molecule has 3 heteroatoms. The Labute approximate surface area is 108 Å². The Bertz CT molecular complexity index is 473. The lowest BCUT2D eigenvalue weighted by molar-refractivity contribution is -0.123. The molecule has 0 heterocycles. The second-order valence-electron chi connectivity index (χ2n) is 5.63. The molecule has 1 aromatic carbocycles. The first kappa shape index (κ1) is 11.6. The van der Waals surface area contributed by atoms with Crippen LogP contribution < -0.4 is 11.1 Å². The van der Waals surface area contributed by atoms with E-state index in [9.17, 15) is 4.79 Å². The fourth-order valence-corrected chi connectivity index (χ4v) is 3.41. The van der Waals surface area contributed by atoms with Crippen LogP contribution in [0.5, 0.6) is 0 Å². The van der Waals surface area contributed by atoms with Gasteiger partial charge < -0.3 is 11.1 Å². The summed E-state index contributed by atoms with van der Waals surface area (Å²) in [4.78, 5) is 12.0. The molecule has 0 spiro atoms. The third-order valence-electron chi connectivity index (χ3n) is 4.65. The SMILES string of the molecule is Cc1c(N)cccc1CNC(=O)C1C2CCCC21. The smallest absolute Gasteiger partial charge is 0.223 e. The minimum absolute atomic E-state index is 0.242. The Kier molecular flexibility index (Phi) is 2.77. The van der Waals surface area contributed by atoms with Crippen LogP contribution in [-0.4, -0.2) is 5.91 Å². The van der Waals surface area contributed by atoms with Gasteiger partial charge in [0.15, 0.2) is 0 Å². The zero-order valence-electron chi connectivity index (χ0n) is 10.8. The normalized spacial score (nSPS) is 28.8. The molecule has 2 aliphatic rings. The summed E-state index contributed by atoms with van der Waals surface area (Å²) in [7, 11) is 0. The molecule has 0 aromatic heterocycles. The molecule has 0 aliphatic heterocycles. The Morgan fingerprint density at radius 3 is 2.83 bits per heavy atom. The molecule has 3 nitrogen and oxygen atoms in total. The van der Waals surface area contributed by atoms with Crippen molar-refractivity contribution >= 4 is 11.6 Å². The van der Waals surface area contributed by atoms with E-state index in [1.807, 2.05) is 25.1 Å². The van der Waals surface area contributed by atoms with E-state index in [0.29, 0.717) is 24.3 Å². The van der Waals surface area contributed by atoms with Crippen LogP contribution in [0.15, 0.2) is 18.2 Å². The van der Waals surface area contributed by atoms with Crippen LogP contribution in [-0.2, 0) is 11.3 Å². The van der Waals surface area contributed by atoms with Crippen molar-refractivity contribution in [3.8, 4) is 0 Å². The van der Waals surface area contributed by atoms with Crippen LogP contribution in [0, 0.1) is 24.7 Å². The van der Waals surface area contributed by atoms with Crippen LogP contribution in [0.1, 0.15) is 30.4 Å². The van der Waals surface area contributed by atoms with Gasteiger partial charge in [0.25, 0.3) is 0 Å². The van der Waals surface area contributed by atoms with Crippen LogP contribution in [0.3, 0.4) is 0 Å². The van der Waals surface area contributed by atoms with Gasteiger partial charge in [-0.05, 0) is 48.8 Å². The molecule has 0 saturated heterocycles. The summed E-state index contributed by atoms with van der Waals surface area (Å²) in [6.45, 7) is 2.61. The Hall–Kier alpha value is -1.51. The molecule has 1 amide bonds. The van der Waals surface area contributed by atoms with Crippen molar-refractivity contribution in [2.45, 2.75) is 32.7 Å². The van der Waals surface area contributed by atoms with Gasteiger partial charge in [-0.1, -0.05) is 18.6 Å². The van der Waals surface area contributed by atoms with Crippen molar-refractivity contribution < 1.29 is 4.79 Å². The lowest BCUT2D eigenvalue weighted by Gasteiger charge is -2.10. The number of nitrogens with two attached hydrogens (primary N) is 1. The van der Waals surface area contributed by atoms with E-state index >= 15 is 0 Å². The molecule has 2 fully saturated rings. The highest BCUT2D eigenvalue weighted by molar-refractivity contribution is 5.82. The third-order valence-corrected chi connectivity index (χ3v) is 4.65. The van der Waals surface area contributed by atoms with E-state index in [4.69, 9.17) is 5.73 Å². The molecular weight excluding hydrogens is 224 g/mol. The van der Waals surface area contributed by atoms with E-state index in [2.05, 4.69) is 5.32 Å². The number of carbonyl (C=O) groups is 1. The number of hydrogen-bond donors (Lipinski definition) is 2. The predicted molar refractivity (Wildman–Crippen MR) is 71.8 cm³/mol. The monoisotopic (exact) mass is 244 g/mol. The Balaban J connectivity index is 1.58. The maximum absolute atomic E-state index is 12.0. The van der Waals surface area contributed by atoms with Crippen LogP contribution in [0.25, 0.3) is 0 Å². The molecule has 0 bridgehead atoms. The lowest BCUT2D eigenvalue weighted by Crippen LogP contribution is -2.26. The molecule has 18 heavy (non-hydrogen) atoms. The number of fused-ring (bicyclic) bond motifs is 1. The highest BCUT2D eigenvalue weighted by Crippen LogP contribution is 2.57. The van der Waals surface area contributed by atoms with Gasteiger partial charge in [0, 0.05) is 18.2 Å². The zero-order valence-corrected chi connectivity index (χ0v) is 10.8. The zero-order chi connectivity index (χ0) is 12.7. The van der Waals surface area contributed by atoms with Crippen molar-refractivity contribution in [3.63, 3.8) is 0 Å². The van der Waals surface area contributed by atoms with Gasteiger partial charge in [-0.3, -0.25) is 4.79 Å². The third kappa shape index (κ3) is 1.88. The van der Waals surface area contributed by atoms with Gasteiger partial charge in [0.1, 0.15) is 0 Å². The number of rotatable bonds is 3. The number of carbonyl (C=O) groups excluding carboxylic acids is 1. The fourth-order valence-electron chi connectivity index (χ4n) is 3.41. The number of hydrogen-bond acceptors (Lipinski definition) is 2. The van der Waals surface area contributed by atoms with Crippen LogP contribution in [0.2, 0.25) is 0 Å². The van der Waals surface area contributed by atoms with Crippen LogP contribution in [0.4, 0.5) is 5.69 Å². The van der Waals surface area contributed by atoms with E-state index in [0.717, 1.165) is 16.8 Å². The molecule has 2 unspecified atom stereocenters. The second kappa shape index (κ2) is 4.30. The number of nitrogens with one attached hydrogen (secondary N) is 1. The van der Waals surface area contributed by atoms with E-state index < -0.39 is 0 Å². The highest BCUT2D eigenvalue weighted by atomic mass is 16.2. The summed E-state index contributed by atoms with van der Waals surface area (Å²) >= 11 is 0. The summed E-state index contributed by atoms with van der Waals surface area (Å²) in [5, 5.41) is 3.06. The average molecular weight is 244 g/mol. The molecule has 2 atom stereocenters. The van der Waals surface area contributed by atoms with Crippen molar-refractivity contribution in [2.24, 2.45) is 17.8 Å². The standard InChI is InChI=1S/C15H20N2O/c1-9-10(4-2-7-13(9)16)8-17-15(18)14-11-5-3-6-12(11)14/h2,4,7,11-12,14H,3,5-6,8,16H2,1H3,(H,17,18). The quantitative estimate of drug-likeness (QED) is 0.801. The molecule has 2 aliphatic carbocycles. The fraction of sp³-hybridized carbons (Fsp3) is 0.533.